The number of carboxylic acid groups (broad SMARTS) is 1. The number of aryl methyl sites for hydroxylation is 2. The summed E-state index contributed by atoms with van der Waals surface area (Å²) in [6, 6.07) is 6.82. The van der Waals surface area contributed by atoms with E-state index in [2.05, 4.69) is 0 Å². The molecule has 0 saturated carbocycles. The number of rotatable bonds is 4. The average Bonchev–Trinajstić information content (AvgIpc) is 2.72. The third kappa shape index (κ3) is 3.09. The first-order valence-electron chi connectivity index (χ1n) is 5.69. The number of carbonyl (C=O) groups is 1. The summed E-state index contributed by atoms with van der Waals surface area (Å²) in [6.07, 6.45) is 0. The Bertz CT molecular complexity index is 616. The molecule has 100 valence electrons. The molecule has 0 radical (unpaired) electrons. The van der Waals surface area contributed by atoms with Gasteiger partial charge in [-0.2, -0.15) is 0 Å². The van der Waals surface area contributed by atoms with Gasteiger partial charge in [-0.15, -0.1) is 0 Å². The van der Waals surface area contributed by atoms with Gasteiger partial charge in [0.05, 0.1) is 0 Å². The van der Waals surface area contributed by atoms with Crippen LogP contribution < -0.4 is 4.74 Å². The molecule has 0 bridgehead atoms. The maximum Gasteiger partial charge on any atom is 0.339 e. The van der Waals surface area contributed by atoms with Crippen LogP contribution in [0, 0.1) is 13.8 Å². The van der Waals surface area contributed by atoms with Crippen LogP contribution in [0.4, 0.5) is 0 Å². The number of hydrogen-bond donors (Lipinski definition) is 1. The van der Waals surface area contributed by atoms with E-state index in [0.29, 0.717) is 22.3 Å². The maximum absolute atomic E-state index is 10.9. The van der Waals surface area contributed by atoms with Crippen LogP contribution in [0.2, 0.25) is 5.02 Å². The van der Waals surface area contributed by atoms with Crippen molar-refractivity contribution < 1.29 is 19.1 Å². The molecule has 0 saturated heterocycles. The Morgan fingerprint density at radius 2 is 2.11 bits per heavy atom. The molecule has 0 unspecified atom stereocenters. The summed E-state index contributed by atoms with van der Waals surface area (Å²) >= 11 is 5.89. The second-order valence-corrected chi connectivity index (χ2v) is 4.62. The first-order chi connectivity index (χ1) is 8.97. The zero-order valence-electron chi connectivity index (χ0n) is 10.6. The van der Waals surface area contributed by atoms with Gasteiger partial charge in [-0.3, -0.25) is 0 Å². The summed E-state index contributed by atoms with van der Waals surface area (Å²) in [4.78, 5) is 10.9. The Morgan fingerprint density at radius 1 is 1.37 bits per heavy atom. The number of benzene rings is 1. The van der Waals surface area contributed by atoms with E-state index < -0.39 is 5.97 Å². The van der Waals surface area contributed by atoms with E-state index in [9.17, 15) is 4.79 Å². The third-order valence-corrected chi connectivity index (χ3v) is 2.95. The van der Waals surface area contributed by atoms with Crippen molar-refractivity contribution >= 4 is 17.6 Å². The number of furan rings is 1. The molecule has 0 atom stereocenters. The number of hydrogen-bond acceptors (Lipinski definition) is 3. The fraction of sp³-hybridized carbons (Fsp3) is 0.214. The van der Waals surface area contributed by atoms with Crippen molar-refractivity contribution in [2.45, 2.75) is 20.5 Å². The molecule has 0 aliphatic rings. The fourth-order valence-electron chi connectivity index (χ4n) is 1.71. The molecule has 1 aromatic carbocycles. The van der Waals surface area contributed by atoms with Crippen LogP contribution in [0.3, 0.4) is 0 Å². The summed E-state index contributed by atoms with van der Waals surface area (Å²) in [6.45, 7) is 3.68. The molecule has 0 aliphatic heterocycles. The number of halogens is 1. The van der Waals surface area contributed by atoms with Gasteiger partial charge in [-0.05, 0) is 37.6 Å². The number of carboxylic acids is 1. The zero-order valence-corrected chi connectivity index (χ0v) is 11.3. The van der Waals surface area contributed by atoms with Crippen molar-refractivity contribution in [2.24, 2.45) is 0 Å². The molecule has 2 rings (SSSR count). The van der Waals surface area contributed by atoms with Crippen molar-refractivity contribution in [3.05, 3.63) is 51.9 Å². The van der Waals surface area contributed by atoms with Crippen LogP contribution >= 0.6 is 11.6 Å². The average molecular weight is 281 g/mol. The lowest BCUT2D eigenvalue weighted by atomic mass is 10.2. The Balaban J connectivity index is 2.12. The van der Waals surface area contributed by atoms with E-state index in [1.165, 1.54) is 6.07 Å². The summed E-state index contributed by atoms with van der Waals surface area (Å²) in [5.74, 6) is 0.480. The Labute approximate surface area is 115 Å². The highest BCUT2D eigenvalue weighted by atomic mass is 35.5. The predicted octanol–water partition coefficient (Wildman–Crippen LogP) is 3.83. The first kappa shape index (κ1) is 13.5. The Hall–Kier alpha value is -1.94. The predicted molar refractivity (Wildman–Crippen MR) is 70.9 cm³/mol. The van der Waals surface area contributed by atoms with Crippen LogP contribution in [-0.2, 0) is 6.61 Å². The highest BCUT2D eigenvalue weighted by Crippen LogP contribution is 2.24. The summed E-state index contributed by atoms with van der Waals surface area (Å²) in [5.41, 5.74) is 1.10. The first-order valence-corrected chi connectivity index (χ1v) is 6.06. The molecular weight excluding hydrogens is 268 g/mol. The number of ether oxygens (including phenoxy) is 1. The highest BCUT2D eigenvalue weighted by Gasteiger charge is 2.14. The van der Waals surface area contributed by atoms with Gasteiger partial charge >= 0.3 is 5.97 Å². The van der Waals surface area contributed by atoms with Crippen LogP contribution in [0.25, 0.3) is 0 Å². The van der Waals surface area contributed by atoms with Gasteiger partial charge in [0.25, 0.3) is 0 Å². The molecule has 0 amide bonds. The molecule has 0 spiro atoms. The Kier molecular flexibility index (Phi) is 3.81. The van der Waals surface area contributed by atoms with Gasteiger partial charge in [0, 0.05) is 5.02 Å². The second-order valence-electron chi connectivity index (χ2n) is 4.19. The highest BCUT2D eigenvalue weighted by molar-refractivity contribution is 6.30. The standard InChI is InChI=1S/C14H13ClO4/c1-8-3-4-10(15)5-13(8)18-7-11-6-12(14(16)17)9(2)19-11/h3-6H,7H2,1-2H3,(H,16,17). The van der Waals surface area contributed by atoms with E-state index in [4.69, 9.17) is 25.9 Å². The van der Waals surface area contributed by atoms with Gasteiger partial charge in [0.2, 0.25) is 0 Å². The molecule has 1 aromatic heterocycles. The van der Waals surface area contributed by atoms with E-state index >= 15 is 0 Å². The lowest BCUT2D eigenvalue weighted by molar-refractivity contribution is 0.0695. The van der Waals surface area contributed by atoms with Gasteiger partial charge < -0.3 is 14.3 Å². The molecule has 4 nitrogen and oxygen atoms in total. The summed E-state index contributed by atoms with van der Waals surface area (Å²) in [7, 11) is 0. The van der Waals surface area contributed by atoms with E-state index in [1.807, 2.05) is 13.0 Å². The van der Waals surface area contributed by atoms with Gasteiger partial charge in [-0.25, -0.2) is 4.79 Å². The molecule has 19 heavy (non-hydrogen) atoms. The lowest BCUT2D eigenvalue weighted by Crippen LogP contribution is -1.97. The fourth-order valence-corrected chi connectivity index (χ4v) is 1.87. The SMILES string of the molecule is Cc1ccc(Cl)cc1OCc1cc(C(=O)O)c(C)o1. The minimum absolute atomic E-state index is 0.154. The van der Waals surface area contributed by atoms with Crippen molar-refractivity contribution in [3.63, 3.8) is 0 Å². The van der Waals surface area contributed by atoms with Gasteiger partial charge in [0.1, 0.15) is 29.4 Å². The monoisotopic (exact) mass is 280 g/mol. The van der Waals surface area contributed by atoms with Crippen molar-refractivity contribution in [2.75, 3.05) is 0 Å². The van der Waals surface area contributed by atoms with Crippen LogP contribution in [0.15, 0.2) is 28.7 Å². The van der Waals surface area contributed by atoms with Crippen molar-refractivity contribution in [3.8, 4) is 5.75 Å². The normalized spacial score (nSPS) is 10.5. The summed E-state index contributed by atoms with van der Waals surface area (Å²) in [5, 5.41) is 9.51. The molecule has 5 heteroatoms. The van der Waals surface area contributed by atoms with Crippen LogP contribution in [-0.4, -0.2) is 11.1 Å². The second kappa shape index (κ2) is 5.36. The molecule has 1 N–H and O–H groups in total. The largest absolute Gasteiger partial charge is 0.485 e. The Morgan fingerprint density at radius 3 is 2.74 bits per heavy atom. The smallest absolute Gasteiger partial charge is 0.339 e. The van der Waals surface area contributed by atoms with Crippen LogP contribution in [0.1, 0.15) is 27.4 Å². The van der Waals surface area contributed by atoms with E-state index in [0.717, 1.165) is 5.56 Å². The summed E-state index contributed by atoms with van der Waals surface area (Å²) < 4.78 is 10.9. The molecule has 0 aliphatic carbocycles. The minimum atomic E-state index is -1.01. The quantitative estimate of drug-likeness (QED) is 0.925. The maximum atomic E-state index is 10.9. The molecule has 1 heterocycles. The topological polar surface area (TPSA) is 59.7 Å². The minimum Gasteiger partial charge on any atom is -0.485 e. The van der Waals surface area contributed by atoms with Gasteiger partial charge in [-0.1, -0.05) is 17.7 Å². The lowest BCUT2D eigenvalue weighted by Gasteiger charge is -2.07. The number of aromatic carboxylic acids is 1. The molecule has 2 aromatic rings. The van der Waals surface area contributed by atoms with Crippen molar-refractivity contribution in [1.29, 1.82) is 0 Å². The van der Waals surface area contributed by atoms with E-state index in [-0.39, 0.29) is 12.2 Å². The molecular formula is C14H13ClO4. The van der Waals surface area contributed by atoms with Crippen LogP contribution in [0.5, 0.6) is 5.75 Å². The third-order valence-electron chi connectivity index (χ3n) is 2.72. The molecule has 0 fully saturated rings. The zero-order chi connectivity index (χ0) is 14.0. The van der Waals surface area contributed by atoms with Gasteiger partial charge in [0.15, 0.2) is 0 Å². The van der Waals surface area contributed by atoms with Crippen molar-refractivity contribution in [1.82, 2.24) is 0 Å². The van der Waals surface area contributed by atoms with E-state index in [1.54, 1.807) is 19.1 Å².